The predicted octanol–water partition coefficient (Wildman–Crippen LogP) is 3.53. The number of carbonyl (C=O) groups is 1. The number of nitrogens with zero attached hydrogens (tertiary/aromatic N) is 2. The van der Waals surface area contributed by atoms with E-state index >= 15 is 0 Å². The monoisotopic (exact) mass is 294 g/mol. The minimum Gasteiger partial charge on any atom is -0.477 e. The molecule has 1 aromatic heterocycles. The maximum Gasteiger partial charge on any atom is 0.354 e. The van der Waals surface area contributed by atoms with E-state index in [4.69, 9.17) is 9.84 Å². The van der Waals surface area contributed by atoms with Crippen LogP contribution in [0, 0.1) is 0 Å². The quantitative estimate of drug-likeness (QED) is 0.863. The Morgan fingerprint density at radius 3 is 2.86 bits per heavy atom. The van der Waals surface area contributed by atoms with Crippen molar-refractivity contribution in [2.75, 3.05) is 6.61 Å². The molecular formula is C15H19FN2O3. The zero-order valence-electron chi connectivity index (χ0n) is 12.3. The summed E-state index contributed by atoms with van der Waals surface area (Å²) >= 11 is 0. The SMILES string of the molecule is C=C/C=C(F)\C=C(/C)C1COc2ncc(C(=O)O)n21.CC. The number of carboxylic acids is 1. The van der Waals surface area contributed by atoms with Crippen LogP contribution in [-0.2, 0) is 0 Å². The number of fused-ring (bicyclic) bond motifs is 1. The predicted molar refractivity (Wildman–Crippen MR) is 78.2 cm³/mol. The molecule has 1 unspecified atom stereocenters. The van der Waals surface area contributed by atoms with E-state index in [2.05, 4.69) is 11.6 Å². The van der Waals surface area contributed by atoms with Crippen molar-refractivity contribution >= 4 is 5.97 Å². The van der Waals surface area contributed by atoms with Gasteiger partial charge in [-0.25, -0.2) is 14.2 Å². The molecular weight excluding hydrogens is 275 g/mol. The summed E-state index contributed by atoms with van der Waals surface area (Å²) in [6.45, 7) is 9.36. The third-order valence-corrected chi connectivity index (χ3v) is 2.83. The second-order valence-electron chi connectivity index (χ2n) is 4.10. The van der Waals surface area contributed by atoms with Crippen molar-refractivity contribution in [3.8, 4) is 6.01 Å². The largest absolute Gasteiger partial charge is 0.477 e. The van der Waals surface area contributed by atoms with Crippen molar-refractivity contribution in [2.45, 2.75) is 26.8 Å². The Balaban J connectivity index is 0.00000106. The van der Waals surface area contributed by atoms with Gasteiger partial charge in [-0.05, 0) is 24.6 Å². The molecule has 0 amide bonds. The minimum absolute atomic E-state index is 0.0263. The molecule has 6 heteroatoms. The first-order valence-corrected chi connectivity index (χ1v) is 6.64. The summed E-state index contributed by atoms with van der Waals surface area (Å²) in [5, 5.41) is 9.07. The highest BCUT2D eigenvalue weighted by Crippen LogP contribution is 2.32. The summed E-state index contributed by atoms with van der Waals surface area (Å²) in [6.07, 6.45) is 5.13. The molecule has 0 aliphatic carbocycles. The lowest BCUT2D eigenvalue weighted by molar-refractivity contribution is 0.0684. The highest BCUT2D eigenvalue weighted by Gasteiger charge is 2.30. The van der Waals surface area contributed by atoms with Crippen molar-refractivity contribution in [3.05, 3.63) is 48.1 Å². The number of imidazole rings is 1. The topological polar surface area (TPSA) is 64.3 Å². The van der Waals surface area contributed by atoms with E-state index < -0.39 is 11.8 Å². The van der Waals surface area contributed by atoms with E-state index in [1.165, 1.54) is 29.0 Å². The highest BCUT2D eigenvalue weighted by atomic mass is 19.1. The van der Waals surface area contributed by atoms with Gasteiger partial charge in [0, 0.05) is 0 Å². The maximum absolute atomic E-state index is 13.4. The molecule has 0 saturated heterocycles. The Kier molecular flexibility index (Phi) is 5.90. The zero-order chi connectivity index (χ0) is 16.0. The molecule has 2 rings (SSSR count). The van der Waals surface area contributed by atoms with Gasteiger partial charge in [-0.1, -0.05) is 26.5 Å². The van der Waals surface area contributed by atoms with E-state index in [-0.39, 0.29) is 24.4 Å². The number of ether oxygens (including phenoxy) is 1. The summed E-state index contributed by atoms with van der Waals surface area (Å²) in [4.78, 5) is 15.0. The van der Waals surface area contributed by atoms with Crippen molar-refractivity contribution in [2.24, 2.45) is 0 Å². The van der Waals surface area contributed by atoms with Crippen LogP contribution in [0.1, 0.15) is 37.3 Å². The van der Waals surface area contributed by atoms with Gasteiger partial charge in [-0.3, -0.25) is 4.57 Å². The molecule has 114 valence electrons. The van der Waals surface area contributed by atoms with Gasteiger partial charge in [0.25, 0.3) is 6.01 Å². The number of halogens is 1. The van der Waals surface area contributed by atoms with Gasteiger partial charge in [-0.15, -0.1) is 0 Å². The normalized spacial score (nSPS) is 17.4. The van der Waals surface area contributed by atoms with E-state index in [1.807, 2.05) is 13.8 Å². The number of aromatic carboxylic acids is 1. The molecule has 0 saturated carbocycles. The fourth-order valence-corrected chi connectivity index (χ4v) is 1.95. The van der Waals surface area contributed by atoms with E-state index in [9.17, 15) is 9.18 Å². The Labute approximate surface area is 123 Å². The molecule has 1 aromatic rings. The average molecular weight is 294 g/mol. The lowest BCUT2D eigenvalue weighted by Gasteiger charge is -2.12. The van der Waals surface area contributed by atoms with Crippen molar-refractivity contribution in [3.63, 3.8) is 0 Å². The second-order valence-corrected chi connectivity index (χ2v) is 4.10. The summed E-state index contributed by atoms with van der Waals surface area (Å²) in [6, 6.07) is -0.129. The fourth-order valence-electron chi connectivity index (χ4n) is 1.95. The number of allylic oxidation sites excluding steroid dienone is 4. The first kappa shape index (κ1) is 16.7. The number of hydrogen-bond acceptors (Lipinski definition) is 3. The number of hydrogen-bond donors (Lipinski definition) is 1. The molecule has 0 spiro atoms. The van der Waals surface area contributed by atoms with Crippen LogP contribution in [0.25, 0.3) is 0 Å². The van der Waals surface area contributed by atoms with Gasteiger partial charge >= 0.3 is 5.97 Å². The van der Waals surface area contributed by atoms with E-state index in [0.717, 1.165) is 0 Å². The molecule has 21 heavy (non-hydrogen) atoms. The van der Waals surface area contributed by atoms with Crippen LogP contribution in [0.2, 0.25) is 0 Å². The van der Waals surface area contributed by atoms with Crippen LogP contribution in [-0.4, -0.2) is 27.2 Å². The smallest absolute Gasteiger partial charge is 0.354 e. The number of rotatable bonds is 4. The molecule has 0 radical (unpaired) electrons. The van der Waals surface area contributed by atoms with Crippen molar-refractivity contribution < 1.29 is 19.0 Å². The lowest BCUT2D eigenvalue weighted by Crippen LogP contribution is -2.14. The first-order valence-electron chi connectivity index (χ1n) is 6.64. The van der Waals surface area contributed by atoms with Crippen LogP contribution in [0.4, 0.5) is 4.39 Å². The maximum atomic E-state index is 13.4. The average Bonchev–Trinajstić information content (AvgIpc) is 3.01. The van der Waals surface area contributed by atoms with Gasteiger partial charge in [0.1, 0.15) is 12.4 Å². The Morgan fingerprint density at radius 1 is 1.62 bits per heavy atom. The third-order valence-electron chi connectivity index (χ3n) is 2.83. The van der Waals surface area contributed by atoms with E-state index in [1.54, 1.807) is 6.92 Å². The highest BCUT2D eigenvalue weighted by molar-refractivity contribution is 5.86. The number of carboxylic acid groups (broad SMARTS) is 1. The summed E-state index contributed by atoms with van der Waals surface area (Å²) in [5.41, 5.74) is 0.674. The number of aromatic nitrogens is 2. The van der Waals surface area contributed by atoms with E-state index in [0.29, 0.717) is 5.57 Å². The molecule has 1 aliphatic rings. The van der Waals surface area contributed by atoms with Crippen molar-refractivity contribution in [1.82, 2.24) is 9.55 Å². The molecule has 2 heterocycles. The van der Waals surface area contributed by atoms with Gasteiger partial charge < -0.3 is 9.84 Å². The molecule has 0 bridgehead atoms. The van der Waals surface area contributed by atoms with Crippen LogP contribution in [0.15, 0.2) is 42.4 Å². The van der Waals surface area contributed by atoms with Crippen molar-refractivity contribution in [1.29, 1.82) is 0 Å². The van der Waals surface area contributed by atoms with Gasteiger partial charge in [0.2, 0.25) is 0 Å². The first-order chi connectivity index (χ1) is 10.0. The standard InChI is InChI=1S/C13H13FN2O3.C2H6/c1-3-4-9(14)5-8(2)11-7-19-13-15-6-10(12(17)18)16(11)13;1-2/h3-6,11H,1,7H2,2H3,(H,17,18);1-2H3/b8-5+,9-4+;. The van der Waals surface area contributed by atoms with Crippen LogP contribution >= 0.6 is 0 Å². The molecule has 1 atom stereocenters. The van der Waals surface area contributed by atoms with Gasteiger partial charge in [0.15, 0.2) is 5.69 Å². The summed E-state index contributed by atoms with van der Waals surface area (Å²) in [5.74, 6) is -1.54. The fraction of sp³-hybridized carbons (Fsp3) is 0.333. The van der Waals surface area contributed by atoms with Gasteiger partial charge in [0.05, 0.1) is 12.2 Å². The molecule has 0 aromatic carbocycles. The lowest BCUT2D eigenvalue weighted by atomic mass is 10.1. The summed E-state index contributed by atoms with van der Waals surface area (Å²) < 4.78 is 20.1. The molecule has 0 fully saturated rings. The Hall–Kier alpha value is -2.37. The van der Waals surface area contributed by atoms with Crippen LogP contribution in [0.3, 0.4) is 0 Å². The van der Waals surface area contributed by atoms with Crippen LogP contribution in [0.5, 0.6) is 6.01 Å². The minimum atomic E-state index is -1.09. The van der Waals surface area contributed by atoms with Crippen LogP contribution < -0.4 is 4.74 Å². The van der Waals surface area contributed by atoms with Gasteiger partial charge in [-0.2, -0.15) is 0 Å². The molecule has 1 N–H and O–H groups in total. The molecule has 5 nitrogen and oxygen atoms in total. The Morgan fingerprint density at radius 2 is 2.29 bits per heavy atom. The zero-order valence-corrected chi connectivity index (χ0v) is 12.3. The Bertz CT molecular complexity index is 588. The summed E-state index contributed by atoms with van der Waals surface area (Å²) in [7, 11) is 0. The third kappa shape index (κ3) is 3.59. The second kappa shape index (κ2) is 7.42. The molecule has 1 aliphatic heterocycles.